The maximum absolute atomic E-state index is 13.8. The van der Waals surface area contributed by atoms with Crippen molar-refractivity contribution in [2.24, 2.45) is 5.92 Å². The Morgan fingerprint density at radius 1 is 1.26 bits per heavy atom. The SMILES string of the molecule is Cc1ncc(C(=O)Nc2cc(Cl)cc(CN3CCN(C(=O)[C@@H]4CCOC4)[C@H](C)C3)c2C)cc1F. The summed E-state index contributed by atoms with van der Waals surface area (Å²) >= 11 is 6.37. The van der Waals surface area contributed by atoms with Gasteiger partial charge in [-0.15, -0.1) is 0 Å². The van der Waals surface area contributed by atoms with Gasteiger partial charge in [-0.1, -0.05) is 11.6 Å². The van der Waals surface area contributed by atoms with Crippen LogP contribution in [-0.2, 0) is 16.1 Å². The number of benzene rings is 1. The van der Waals surface area contributed by atoms with Gasteiger partial charge < -0.3 is 15.0 Å². The molecule has 34 heavy (non-hydrogen) atoms. The number of aryl methyl sites for hydroxylation is 1. The quantitative estimate of drug-likeness (QED) is 0.692. The first kappa shape index (κ1) is 24.6. The third-order valence-corrected chi connectivity index (χ3v) is 6.90. The monoisotopic (exact) mass is 488 g/mol. The molecular formula is C25H30ClFN4O3. The van der Waals surface area contributed by atoms with Crippen LogP contribution in [0.25, 0.3) is 0 Å². The minimum absolute atomic E-state index is 0.0208. The largest absolute Gasteiger partial charge is 0.381 e. The van der Waals surface area contributed by atoms with E-state index in [1.54, 1.807) is 13.0 Å². The lowest BCUT2D eigenvalue weighted by atomic mass is 10.0. The Hall–Kier alpha value is -2.55. The summed E-state index contributed by atoms with van der Waals surface area (Å²) in [5.74, 6) is -0.800. The Morgan fingerprint density at radius 2 is 2.06 bits per heavy atom. The van der Waals surface area contributed by atoms with Gasteiger partial charge in [0.05, 0.1) is 23.8 Å². The highest BCUT2D eigenvalue weighted by atomic mass is 35.5. The number of pyridine rings is 1. The molecule has 2 saturated heterocycles. The highest BCUT2D eigenvalue weighted by Crippen LogP contribution is 2.28. The standard InChI is InChI=1S/C25H30ClFN4O3/c1-15-12-30(5-6-31(15)25(33)18-4-7-34-14-18)13-20-8-21(26)10-23(16(20)2)29-24(32)19-9-22(27)17(3)28-11-19/h8-11,15,18H,4-7,12-14H2,1-3H3,(H,29,32)/t15-,18-/m1/s1. The van der Waals surface area contributed by atoms with Gasteiger partial charge in [0.15, 0.2) is 0 Å². The highest BCUT2D eigenvalue weighted by Gasteiger charge is 2.33. The first-order chi connectivity index (χ1) is 16.2. The first-order valence-electron chi connectivity index (χ1n) is 11.6. The number of ether oxygens (including phenoxy) is 1. The highest BCUT2D eigenvalue weighted by molar-refractivity contribution is 6.31. The van der Waals surface area contributed by atoms with Crippen LogP contribution in [0.3, 0.4) is 0 Å². The number of amides is 2. The molecule has 0 aliphatic carbocycles. The normalized spacial score (nSPS) is 21.0. The molecule has 1 aromatic carbocycles. The van der Waals surface area contributed by atoms with E-state index in [2.05, 4.69) is 22.1 Å². The van der Waals surface area contributed by atoms with Crippen molar-refractivity contribution in [3.05, 3.63) is 57.6 Å². The summed E-state index contributed by atoms with van der Waals surface area (Å²) in [5.41, 5.74) is 2.85. The van der Waals surface area contributed by atoms with Crippen LogP contribution in [0.15, 0.2) is 24.4 Å². The van der Waals surface area contributed by atoms with E-state index in [9.17, 15) is 14.0 Å². The Bertz CT molecular complexity index is 1090. The smallest absolute Gasteiger partial charge is 0.257 e. The molecule has 0 spiro atoms. The Labute approximate surface area is 204 Å². The summed E-state index contributed by atoms with van der Waals surface area (Å²) in [5, 5.41) is 3.35. The number of anilines is 1. The van der Waals surface area contributed by atoms with Gasteiger partial charge in [0, 0.05) is 55.7 Å². The van der Waals surface area contributed by atoms with Gasteiger partial charge in [0.25, 0.3) is 5.91 Å². The van der Waals surface area contributed by atoms with E-state index in [-0.39, 0.29) is 29.1 Å². The van der Waals surface area contributed by atoms with Gasteiger partial charge >= 0.3 is 0 Å². The van der Waals surface area contributed by atoms with Crippen molar-refractivity contribution in [2.45, 2.75) is 39.8 Å². The third-order valence-electron chi connectivity index (χ3n) is 6.68. The molecule has 2 aliphatic rings. The van der Waals surface area contributed by atoms with Gasteiger partial charge in [-0.3, -0.25) is 19.5 Å². The lowest BCUT2D eigenvalue weighted by molar-refractivity contribution is -0.140. The molecule has 7 nitrogen and oxygen atoms in total. The molecule has 2 atom stereocenters. The van der Waals surface area contributed by atoms with Gasteiger partial charge in [0.2, 0.25) is 5.91 Å². The summed E-state index contributed by atoms with van der Waals surface area (Å²) in [6.45, 7) is 9.56. The fourth-order valence-electron chi connectivity index (χ4n) is 4.56. The molecule has 4 rings (SSSR count). The number of rotatable bonds is 5. The Balaban J connectivity index is 1.43. The van der Waals surface area contributed by atoms with E-state index in [0.29, 0.717) is 37.0 Å². The van der Waals surface area contributed by atoms with Crippen molar-refractivity contribution in [2.75, 3.05) is 38.2 Å². The fraction of sp³-hybridized carbons (Fsp3) is 0.480. The van der Waals surface area contributed by atoms with Crippen molar-refractivity contribution in [3.63, 3.8) is 0 Å². The summed E-state index contributed by atoms with van der Waals surface area (Å²) in [7, 11) is 0. The minimum Gasteiger partial charge on any atom is -0.381 e. The molecule has 1 aromatic heterocycles. The second kappa shape index (κ2) is 10.4. The first-order valence-corrected chi connectivity index (χ1v) is 11.9. The van der Waals surface area contributed by atoms with E-state index in [1.165, 1.54) is 12.3 Å². The number of aromatic nitrogens is 1. The number of piperazine rings is 1. The van der Waals surface area contributed by atoms with Crippen LogP contribution in [0.5, 0.6) is 0 Å². The zero-order valence-corrected chi connectivity index (χ0v) is 20.5. The maximum Gasteiger partial charge on any atom is 0.257 e. The molecule has 2 aliphatic heterocycles. The van der Waals surface area contributed by atoms with Crippen molar-refractivity contribution in [1.29, 1.82) is 0 Å². The van der Waals surface area contributed by atoms with E-state index in [0.717, 1.165) is 30.6 Å². The van der Waals surface area contributed by atoms with E-state index >= 15 is 0 Å². The third kappa shape index (κ3) is 5.40. The zero-order chi connectivity index (χ0) is 24.4. The molecule has 2 aromatic rings. The molecule has 0 saturated carbocycles. The van der Waals surface area contributed by atoms with Crippen molar-refractivity contribution in [1.82, 2.24) is 14.8 Å². The molecule has 182 valence electrons. The van der Waals surface area contributed by atoms with Crippen LogP contribution in [0.2, 0.25) is 5.02 Å². The minimum atomic E-state index is -0.525. The zero-order valence-electron chi connectivity index (χ0n) is 19.7. The number of nitrogens with one attached hydrogen (secondary N) is 1. The van der Waals surface area contributed by atoms with Crippen molar-refractivity contribution < 1.29 is 18.7 Å². The number of carbonyl (C=O) groups is 2. The average molecular weight is 489 g/mol. The topological polar surface area (TPSA) is 74.8 Å². The molecule has 9 heteroatoms. The summed E-state index contributed by atoms with van der Waals surface area (Å²) < 4.78 is 19.2. The fourth-order valence-corrected chi connectivity index (χ4v) is 4.80. The maximum atomic E-state index is 13.8. The molecule has 3 heterocycles. The Kier molecular flexibility index (Phi) is 7.50. The second-order valence-corrected chi connectivity index (χ2v) is 9.60. The van der Waals surface area contributed by atoms with Gasteiger partial charge in [0.1, 0.15) is 5.82 Å². The number of carbonyl (C=O) groups excluding carboxylic acids is 2. The average Bonchev–Trinajstić information content (AvgIpc) is 3.33. The predicted molar refractivity (Wildman–Crippen MR) is 128 cm³/mol. The van der Waals surface area contributed by atoms with E-state index in [1.807, 2.05) is 17.9 Å². The molecule has 0 unspecified atom stereocenters. The molecule has 2 fully saturated rings. The summed E-state index contributed by atoms with van der Waals surface area (Å²) in [4.78, 5) is 33.7. The van der Waals surface area contributed by atoms with Gasteiger partial charge in [-0.2, -0.15) is 0 Å². The molecule has 2 amide bonds. The molecule has 1 N–H and O–H groups in total. The van der Waals surface area contributed by atoms with Crippen LogP contribution in [0, 0.1) is 25.6 Å². The van der Waals surface area contributed by atoms with E-state index in [4.69, 9.17) is 16.3 Å². The van der Waals surface area contributed by atoms with Crippen molar-refractivity contribution in [3.8, 4) is 0 Å². The molecular weight excluding hydrogens is 459 g/mol. The van der Waals surface area contributed by atoms with Gasteiger partial charge in [-0.05, 0) is 56.5 Å². The van der Waals surface area contributed by atoms with Crippen LogP contribution < -0.4 is 5.32 Å². The number of hydrogen-bond acceptors (Lipinski definition) is 5. The van der Waals surface area contributed by atoms with Crippen LogP contribution in [-0.4, -0.2) is 65.5 Å². The van der Waals surface area contributed by atoms with Crippen LogP contribution in [0.1, 0.15) is 40.5 Å². The summed E-state index contributed by atoms with van der Waals surface area (Å²) in [6.07, 6.45) is 2.15. The Morgan fingerprint density at radius 3 is 2.74 bits per heavy atom. The lowest BCUT2D eigenvalue weighted by Crippen LogP contribution is -2.55. The number of hydrogen-bond donors (Lipinski definition) is 1. The lowest BCUT2D eigenvalue weighted by Gasteiger charge is -2.41. The second-order valence-electron chi connectivity index (χ2n) is 9.16. The van der Waals surface area contributed by atoms with Crippen LogP contribution >= 0.6 is 11.6 Å². The van der Waals surface area contributed by atoms with Gasteiger partial charge in [-0.25, -0.2) is 4.39 Å². The molecule has 0 radical (unpaired) electrons. The van der Waals surface area contributed by atoms with Crippen molar-refractivity contribution >= 4 is 29.1 Å². The number of nitrogens with zero attached hydrogens (tertiary/aromatic N) is 3. The summed E-state index contributed by atoms with van der Waals surface area (Å²) in [6, 6.07) is 4.87. The number of halogens is 2. The van der Waals surface area contributed by atoms with Crippen LogP contribution in [0.4, 0.5) is 10.1 Å². The molecule has 0 bridgehead atoms. The van der Waals surface area contributed by atoms with E-state index < -0.39 is 11.7 Å². The predicted octanol–water partition coefficient (Wildman–Crippen LogP) is 3.81.